The predicted octanol–water partition coefficient (Wildman–Crippen LogP) is 4.91. The van der Waals surface area contributed by atoms with Gasteiger partial charge in [-0.3, -0.25) is 10.1 Å². The van der Waals surface area contributed by atoms with Gasteiger partial charge in [0.1, 0.15) is 11.6 Å². The summed E-state index contributed by atoms with van der Waals surface area (Å²) in [5.41, 5.74) is 5.62. The van der Waals surface area contributed by atoms with Crippen LogP contribution in [0.5, 0.6) is 5.75 Å². The number of methoxy groups -OCH3 is 1. The van der Waals surface area contributed by atoms with Gasteiger partial charge >= 0.3 is 0 Å². The highest BCUT2D eigenvalue weighted by Crippen LogP contribution is 2.29. The van der Waals surface area contributed by atoms with Crippen molar-refractivity contribution in [2.45, 2.75) is 19.1 Å². The first-order chi connectivity index (χ1) is 20.1. The molecule has 0 saturated heterocycles. The molecule has 5 aromatic rings. The number of benzene rings is 3. The molecule has 0 unspecified atom stereocenters. The number of sulfone groups is 1. The minimum absolute atomic E-state index is 0.0126. The number of aromatic amines is 1. The molecule has 5 rings (SSSR count). The van der Waals surface area contributed by atoms with E-state index in [1.54, 1.807) is 43.6 Å². The van der Waals surface area contributed by atoms with E-state index < -0.39 is 9.84 Å². The number of aryl methyl sites for hydroxylation is 1. The number of rotatable bonds is 10. The number of hydrogen-bond donors (Lipinski definition) is 3. The standard InChI is InChI=1S/C30H31N7O4S/c1-19-14-23(17-25-28(19)36-30(33-25)35-27(38)16-21-6-5-7-24(15-21)41-3)37(2)26-12-13-31-29(34-26)32-22-10-8-20(9-11-22)18-42(4,39)40/h5-15,17H,16,18H2,1-4H3,(H,31,32,34)(H2,33,35,36,38). The Morgan fingerprint density at radius 1 is 1.02 bits per heavy atom. The highest BCUT2D eigenvalue weighted by Gasteiger charge is 2.14. The van der Waals surface area contributed by atoms with Crippen LogP contribution in [0.25, 0.3) is 11.0 Å². The van der Waals surface area contributed by atoms with E-state index in [9.17, 15) is 13.2 Å². The largest absolute Gasteiger partial charge is 0.497 e. The summed E-state index contributed by atoms with van der Waals surface area (Å²) in [5.74, 6) is 1.92. The van der Waals surface area contributed by atoms with Gasteiger partial charge in [0.2, 0.25) is 17.8 Å². The van der Waals surface area contributed by atoms with Crippen molar-refractivity contribution in [3.8, 4) is 5.75 Å². The van der Waals surface area contributed by atoms with Crippen LogP contribution >= 0.6 is 0 Å². The van der Waals surface area contributed by atoms with E-state index in [1.807, 2.05) is 55.3 Å². The molecule has 0 atom stereocenters. The molecule has 0 aliphatic carbocycles. The van der Waals surface area contributed by atoms with E-state index in [-0.39, 0.29) is 18.1 Å². The highest BCUT2D eigenvalue weighted by molar-refractivity contribution is 7.89. The molecule has 12 heteroatoms. The Morgan fingerprint density at radius 2 is 1.81 bits per heavy atom. The minimum atomic E-state index is -3.10. The van der Waals surface area contributed by atoms with Crippen LogP contribution in [-0.4, -0.2) is 54.7 Å². The number of imidazole rings is 1. The van der Waals surface area contributed by atoms with Crippen molar-refractivity contribution in [2.75, 3.05) is 35.9 Å². The molecule has 2 aromatic heterocycles. The first kappa shape index (κ1) is 28.6. The van der Waals surface area contributed by atoms with Crippen LogP contribution in [0.1, 0.15) is 16.7 Å². The van der Waals surface area contributed by atoms with Crippen LogP contribution in [-0.2, 0) is 26.8 Å². The summed E-state index contributed by atoms with van der Waals surface area (Å²) in [6.45, 7) is 1.96. The van der Waals surface area contributed by atoms with Crippen molar-refractivity contribution >= 4 is 55.9 Å². The number of fused-ring (bicyclic) bond motifs is 1. The lowest BCUT2D eigenvalue weighted by molar-refractivity contribution is -0.115. The Kier molecular flexibility index (Phi) is 8.07. The molecule has 0 aliphatic rings. The summed E-state index contributed by atoms with van der Waals surface area (Å²) < 4.78 is 28.3. The zero-order chi connectivity index (χ0) is 29.9. The topological polar surface area (TPSA) is 142 Å². The van der Waals surface area contributed by atoms with Crippen molar-refractivity contribution < 1.29 is 17.9 Å². The van der Waals surface area contributed by atoms with Crippen molar-refractivity contribution in [1.29, 1.82) is 0 Å². The number of hydrogen-bond acceptors (Lipinski definition) is 9. The van der Waals surface area contributed by atoms with Gasteiger partial charge in [-0.15, -0.1) is 0 Å². The number of aromatic nitrogens is 4. The highest BCUT2D eigenvalue weighted by atomic mass is 32.2. The van der Waals surface area contributed by atoms with E-state index >= 15 is 0 Å². The van der Waals surface area contributed by atoms with Gasteiger partial charge in [0.15, 0.2) is 9.84 Å². The number of carbonyl (C=O) groups is 1. The molecule has 216 valence electrons. The first-order valence-electron chi connectivity index (χ1n) is 13.1. The summed E-state index contributed by atoms with van der Waals surface area (Å²) in [5, 5.41) is 6.02. The van der Waals surface area contributed by atoms with Gasteiger partial charge in [0, 0.05) is 30.9 Å². The molecule has 42 heavy (non-hydrogen) atoms. The molecule has 0 spiro atoms. The van der Waals surface area contributed by atoms with Gasteiger partial charge < -0.3 is 19.9 Å². The number of nitrogens with zero attached hydrogens (tertiary/aromatic N) is 4. The lowest BCUT2D eigenvalue weighted by Crippen LogP contribution is -2.15. The second kappa shape index (κ2) is 11.9. The zero-order valence-corrected chi connectivity index (χ0v) is 24.5. The SMILES string of the molecule is COc1cccc(CC(=O)Nc2nc3c(C)cc(N(C)c4ccnc(Nc5ccc(CS(C)(=O)=O)cc5)n4)cc3[nH]2)c1. The molecule has 0 fully saturated rings. The van der Waals surface area contributed by atoms with Crippen LogP contribution < -0.4 is 20.3 Å². The van der Waals surface area contributed by atoms with Crippen LogP contribution in [0, 0.1) is 6.92 Å². The fourth-order valence-corrected chi connectivity index (χ4v) is 5.31. The third-order valence-electron chi connectivity index (χ3n) is 6.53. The van der Waals surface area contributed by atoms with E-state index in [2.05, 4.69) is 30.6 Å². The smallest absolute Gasteiger partial charge is 0.231 e. The number of nitrogens with one attached hydrogen (secondary N) is 3. The lowest BCUT2D eigenvalue weighted by atomic mass is 10.1. The molecular formula is C30H31N7O4S. The van der Waals surface area contributed by atoms with E-state index in [0.717, 1.165) is 33.5 Å². The van der Waals surface area contributed by atoms with Gasteiger partial charge in [-0.05, 0) is 66.1 Å². The third kappa shape index (κ3) is 7.02. The number of H-pyrrole nitrogens is 1. The number of anilines is 5. The molecule has 1 amide bonds. The molecule has 2 heterocycles. The van der Waals surface area contributed by atoms with Crippen LogP contribution in [0.2, 0.25) is 0 Å². The Bertz CT molecular complexity index is 1850. The normalized spacial score (nSPS) is 11.3. The molecule has 0 saturated carbocycles. The van der Waals surface area contributed by atoms with Crippen LogP contribution in [0.4, 0.5) is 29.1 Å². The average molecular weight is 586 g/mol. The first-order valence-corrected chi connectivity index (χ1v) is 15.2. The number of ether oxygens (including phenoxy) is 1. The Labute approximate surface area is 243 Å². The van der Waals surface area contributed by atoms with Crippen molar-refractivity contribution in [1.82, 2.24) is 19.9 Å². The maximum Gasteiger partial charge on any atom is 0.231 e. The number of carbonyl (C=O) groups excluding carboxylic acids is 1. The molecule has 0 radical (unpaired) electrons. The van der Waals surface area contributed by atoms with Gasteiger partial charge in [-0.25, -0.2) is 18.4 Å². The second-order valence-electron chi connectivity index (χ2n) is 10.0. The van der Waals surface area contributed by atoms with Gasteiger partial charge in [0.25, 0.3) is 0 Å². The quantitative estimate of drug-likeness (QED) is 0.208. The fourth-order valence-electron chi connectivity index (χ4n) is 4.51. The second-order valence-corrected chi connectivity index (χ2v) is 12.2. The van der Waals surface area contributed by atoms with E-state index in [1.165, 1.54) is 6.26 Å². The summed E-state index contributed by atoms with van der Waals surface area (Å²) >= 11 is 0. The summed E-state index contributed by atoms with van der Waals surface area (Å²) in [6, 6.07) is 20.2. The summed E-state index contributed by atoms with van der Waals surface area (Å²) in [7, 11) is 0.390. The Morgan fingerprint density at radius 3 is 2.55 bits per heavy atom. The van der Waals surface area contributed by atoms with E-state index in [4.69, 9.17) is 4.74 Å². The third-order valence-corrected chi connectivity index (χ3v) is 7.39. The molecule has 0 bridgehead atoms. The average Bonchev–Trinajstić information content (AvgIpc) is 3.36. The molecule has 3 aromatic carbocycles. The minimum Gasteiger partial charge on any atom is -0.497 e. The number of amides is 1. The molecule has 0 aliphatic heterocycles. The monoisotopic (exact) mass is 585 g/mol. The Balaban J connectivity index is 1.30. The molecule has 11 nitrogen and oxygen atoms in total. The molecular weight excluding hydrogens is 554 g/mol. The summed E-state index contributed by atoms with van der Waals surface area (Å²) in [4.78, 5) is 31.4. The summed E-state index contributed by atoms with van der Waals surface area (Å²) in [6.07, 6.45) is 3.06. The van der Waals surface area contributed by atoms with Crippen LogP contribution in [0.3, 0.4) is 0 Å². The Hall–Kier alpha value is -4.97. The van der Waals surface area contributed by atoms with E-state index in [0.29, 0.717) is 29.0 Å². The predicted molar refractivity (Wildman–Crippen MR) is 165 cm³/mol. The van der Waals surface area contributed by atoms with Crippen molar-refractivity contribution in [2.24, 2.45) is 0 Å². The van der Waals surface area contributed by atoms with Crippen LogP contribution in [0.15, 0.2) is 72.9 Å². The molecule has 3 N–H and O–H groups in total. The van der Waals surface area contributed by atoms with Crippen molar-refractivity contribution in [3.63, 3.8) is 0 Å². The zero-order valence-electron chi connectivity index (χ0n) is 23.7. The van der Waals surface area contributed by atoms with Gasteiger partial charge in [-0.1, -0.05) is 24.3 Å². The lowest BCUT2D eigenvalue weighted by Gasteiger charge is -2.19. The fraction of sp³-hybridized carbons (Fsp3) is 0.200. The van der Waals surface area contributed by atoms with Gasteiger partial charge in [0.05, 0.1) is 30.3 Å². The van der Waals surface area contributed by atoms with Gasteiger partial charge in [-0.2, -0.15) is 4.98 Å². The van der Waals surface area contributed by atoms with Crippen molar-refractivity contribution in [3.05, 3.63) is 89.6 Å². The maximum absolute atomic E-state index is 12.7. The maximum atomic E-state index is 12.7.